The molecule has 2 unspecified atom stereocenters. The van der Waals surface area contributed by atoms with E-state index in [1.54, 1.807) is 0 Å². The molecule has 2 saturated carbocycles. The second kappa shape index (κ2) is 6.81. The Morgan fingerprint density at radius 3 is 2.00 bits per heavy atom. The summed E-state index contributed by atoms with van der Waals surface area (Å²) in [6.45, 7) is 12.1. The van der Waals surface area contributed by atoms with Crippen LogP contribution in [-0.4, -0.2) is 12.1 Å². The van der Waals surface area contributed by atoms with Gasteiger partial charge >= 0.3 is 0 Å². The standard InChI is InChI=1S/C19H37N/c1-14(2)15-10-12-16(13-11-15)20-18-9-7-6-8-17(18)19(3,4)5/h14-18,20H,6-13H2,1-5H3. The molecule has 0 bridgehead atoms. The van der Waals surface area contributed by atoms with Gasteiger partial charge in [-0.2, -0.15) is 0 Å². The molecule has 20 heavy (non-hydrogen) atoms. The van der Waals surface area contributed by atoms with Gasteiger partial charge in [0.15, 0.2) is 0 Å². The van der Waals surface area contributed by atoms with Crippen LogP contribution in [0.25, 0.3) is 0 Å². The molecule has 1 nitrogen and oxygen atoms in total. The fourth-order valence-corrected chi connectivity index (χ4v) is 4.62. The first-order valence-electron chi connectivity index (χ1n) is 9.14. The van der Waals surface area contributed by atoms with Crippen LogP contribution in [0.1, 0.15) is 86.0 Å². The third-order valence-corrected chi connectivity index (χ3v) is 6.04. The van der Waals surface area contributed by atoms with Crippen molar-refractivity contribution in [1.29, 1.82) is 0 Å². The fraction of sp³-hybridized carbons (Fsp3) is 1.00. The Labute approximate surface area is 127 Å². The van der Waals surface area contributed by atoms with Crippen molar-refractivity contribution in [2.75, 3.05) is 0 Å². The second-order valence-electron chi connectivity index (χ2n) is 8.89. The quantitative estimate of drug-likeness (QED) is 0.729. The van der Waals surface area contributed by atoms with E-state index in [0.29, 0.717) is 5.41 Å². The fourth-order valence-electron chi connectivity index (χ4n) is 4.62. The molecule has 0 saturated heterocycles. The van der Waals surface area contributed by atoms with E-state index >= 15 is 0 Å². The molecule has 0 spiro atoms. The van der Waals surface area contributed by atoms with Gasteiger partial charge in [0.25, 0.3) is 0 Å². The van der Waals surface area contributed by atoms with Crippen LogP contribution in [-0.2, 0) is 0 Å². The monoisotopic (exact) mass is 279 g/mol. The number of hydrogen-bond acceptors (Lipinski definition) is 1. The second-order valence-corrected chi connectivity index (χ2v) is 8.89. The van der Waals surface area contributed by atoms with Crippen molar-refractivity contribution < 1.29 is 0 Å². The first-order valence-corrected chi connectivity index (χ1v) is 9.14. The van der Waals surface area contributed by atoms with Gasteiger partial charge in [-0.1, -0.05) is 47.5 Å². The van der Waals surface area contributed by atoms with Crippen molar-refractivity contribution in [3.63, 3.8) is 0 Å². The van der Waals surface area contributed by atoms with Gasteiger partial charge in [0, 0.05) is 12.1 Å². The summed E-state index contributed by atoms with van der Waals surface area (Å²) in [5.41, 5.74) is 0.465. The van der Waals surface area contributed by atoms with Crippen LogP contribution in [0, 0.1) is 23.2 Å². The topological polar surface area (TPSA) is 12.0 Å². The molecule has 0 amide bonds. The Morgan fingerprint density at radius 1 is 0.850 bits per heavy atom. The highest BCUT2D eigenvalue weighted by atomic mass is 15.0. The molecule has 0 aromatic carbocycles. The molecule has 2 aliphatic rings. The highest BCUT2D eigenvalue weighted by Gasteiger charge is 2.35. The minimum absolute atomic E-state index is 0.465. The normalized spacial score (nSPS) is 36.3. The molecule has 2 aliphatic carbocycles. The summed E-state index contributed by atoms with van der Waals surface area (Å²) >= 11 is 0. The van der Waals surface area contributed by atoms with E-state index in [9.17, 15) is 0 Å². The predicted octanol–water partition coefficient (Wildman–Crippen LogP) is 5.40. The number of nitrogens with one attached hydrogen (secondary N) is 1. The summed E-state index contributed by atoms with van der Waals surface area (Å²) in [5.74, 6) is 2.74. The lowest BCUT2D eigenvalue weighted by molar-refractivity contribution is 0.112. The van der Waals surface area contributed by atoms with Gasteiger partial charge < -0.3 is 5.32 Å². The largest absolute Gasteiger partial charge is 0.311 e. The van der Waals surface area contributed by atoms with Crippen LogP contribution in [0.4, 0.5) is 0 Å². The van der Waals surface area contributed by atoms with Crippen molar-refractivity contribution >= 4 is 0 Å². The summed E-state index contributed by atoms with van der Waals surface area (Å²) in [5, 5.41) is 4.07. The molecule has 1 N–H and O–H groups in total. The third-order valence-electron chi connectivity index (χ3n) is 6.04. The summed E-state index contributed by atoms with van der Waals surface area (Å²) in [6.07, 6.45) is 11.4. The molecule has 0 aromatic rings. The molecule has 0 heterocycles. The molecule has 2 atom stereocenters. The van der Waals surface area contributed by atoms with Crippen LogP contribution < -0.4 is 5.32 Å². The first kappa shape index (κ1) is 16.3. The molecular weight excluding hydrogens is 242 g/mol. The third kappa shape index (κ3) is 4.23. The Hall–Kier alpha value is -0.0400. The molecule has 2 rings (SSSR count). The van der Waals surface area contributed by atoms with Gasteiger partial charge in [-0.25, -0.2) is 0 Å². The van der Waals surface area contributed by atoms with E-state index in [2.05, 4.69) is 39.9 Å². The lowest BCUT2D eigenvalue weighted by Crippen LogP contribution is -2.49. The van der Waals surface area contributed by atoms with Gasteiger partial charge in [-0.15, -0.1) is 0 Å². The molecule has 2 fully saturated rings. The van der Waals surface area contributed by atoms with Gasteiger partial charge in [-0.05, 0) is 61.7 Å². The van der Waals surface area contributed by atoms with Crippen LogP contribution in [0.5, 0.6) is 0 Å². The minimum Gasteiger partial charge on any atom is -0.311 e. The summed E-state index contributed by atoms with van der Waals surface area (Å²) in [4.78, 5) is 0. The van der Waals surface area contributed by atoms with Crippen LogP contribution >= 0.6 is 0 Å². The Kier molecular flexibility index (Phi) is 5.56. The summed E-state index contributed by atoms with van der Waals surface area (Å²) < 4.78 is 0. The SMILES string of the molecule is CC(C)C1CCC(NC2CCCCC2C(C)(C)C)CC1. The molecule has 118 valence electrons. The maximum atomic E-state index is 4.07. The van der Waals surface area contributed by atoms with E-state index < -0.39 is 0 Å². The van der Waals surface area contributed by atoms with E-state index in [1.807, 2.05) is 0 Å². The average molecular weight is 280 g/mol. The lowest BCUT2D eigenvalue weighted by Gasteiger charge is -2.43. The smallest absolute Gasteiger partial charge is 0.0103 e. The Morgan fingerprint density at radius 2 is 1.45 bits per heavy atom. The first-order chi connectivity index (χ1) is 9.38. The Bertz CT molecular complexity index is 281. The Balaban J connectivity index is 1.86. The molecule has 0 aliphatic heterocycles. The van der Waals surface area contributed by atoms with Crippen molar-refractivity contribution in [1.82, 2.24) is 5.32 Å². The van der Waals surface area contributed by atoms with E-state index in [0.717, 1.165) is 29.8 Å². The van der Waals surface area contributed by atoms with E-state index in [4.69, 9.17) is 0 Å². The maximum Gasteiger partial charge on any atom is 0.0103 e. The molecule has 0 aromatic heterocycles. The van der Waals surface area contributed by atoms with Crippen molar-refractivity contribution in [2.24, 2.45) is 23.2 Å². The van der Waals surface area contributed by atoms with Crippen molar-refractivity contribution in [3.8, 4) is 0 Å². The van der Waals surface area contributed by atoms with E-state index in [-0.39, 0.29) is 0 Å². The van der Waals surface area contributed by atoms with Gasteiger partial charge in [-0.3, -0.25) is 0 Å². The van der Waals surface area contributed by atoms with Gasteiger partial charge in [0.2, 0.25) is 0 Å². The van der Waals surface area contributed by atoms with Crippen LogP contribution in [0.2, 0.25) is 0 Å². The minimum atomic E-state index is 0.465. The maximum absolute atomic E-state index is 4.07. The van der Waals surface area contributed by atoms with Crippen molar-refractivity contribution in [3.05, 3.63) is 0 Å². The number of rotatable bonds is 3. The molecule has 0 radical (unpaired) electrons. The molecular formula is C19H37N. The highest BCUT2D eigenvalue weighted by Crippen LogP contribution is 2.39. The van der Waals surface area contributed by atoms with Crippen LogP contribution in [0.3, 0.4) is 0 Å². The summed E-state index contributed by atoms with van der Waals surface area (Å²) in [6, 6.07) is 1.59. The van der Waals surface area contributed by atoms with Gasteiger partial charge in [0.1, 0.15) is 0 Å². The van der Waals surface area contributed by atoms with Crippen LogP contribution in [0.15, 0.2) is 0 Å². The van der Waals surface area contributed by atoms with E-state index in [1.165, 1.54) is 51.4 Å². The predicted molar refractivity (Wildman–Crippen MR) is 88.9 cm³/mol. The zero-order chi connectivity index (χ0) is 14.8. The zero-order valence-electron chi connectivity index (χ0n) is 14.5. The summed E-state index contributed by atoms with van der Waals surface area (Å²) in [7, 11) is 0. The van der Waals surface area contributed by atoms with Crippen molar-refractivity contribution in [2.45, 2.75) is 98.1 Å². The average Bonchev–Trinajstić information content (AvgIpc) is 2.38. The lowest BCUT2D eigenvalue weighted by atomic mass is 9.69. The molecule has 1 heteroatoms. The highest BCUT2D eigenvalue weighted by molar-refractivity contribution is 4.91. The zero-order valence-corrected chi connectivity index (χ0v) is 14.5. The number of hydrogen-bond donors (Lipinski definition) is 1. The van der Waals surface area contributed by atoms with Gasteiger partial charge in [0.05, 0.1) is 0 Å².